The molecular weight excluding hydrogens is 377 g/mol. The Kier molecular flexibility index (Phi) is 4.63. The van der Waals surface area contributed by atoms with Crippen LogP contribution < -0.4 is 0 Å². The molecule has 0 fully saturated rings. The van der Waals surface area contributed by atoms with Gasteiger partial charge in [-0.15, -0.1) is 0 Å². The molecule has 0 aliphatic heterocycles. The first-order valence-electron chi connectivity index (χ1n) is 7.42. The Morgan fingerprint density at radius 3 is 1.59 bits per heavy atom. The van der Waals surface area contributed by atoms with Gasteiger partial charge < -0.3 is 0 Å². The van der Waals surface area contributed by atoms with Crippen LogP contribution in [0.5, 0.6) is 0 Å². The van der Waals surface area contributed by atoms with Crippen molar-refractivity contribution in [1.29, 1.82) is 0 Å². The van der Waals surface area contributed by atoms with Crippen LogP contribution in [0.2, 0.25) is 0 Å². The summed E-state index contributed by atoms with van der Waals surface area (Å²) < 4.78 is 94.1. The molecule has 0 unspecified atom stereocenters. The van der Waals surface area contributed by atoms with Crippen molar-refractivity contribution in [3.63, 3.8) is 0 Å². The van der Waals surface area contributed by atoms with Gasteiger partial charge in [0.05, 0.1) is 5.56 Å². The lowest BCUT2D eigenvalue weighted by Crippen LogP contribution is -2.11. The van der Waals surface area contributed by atoms with Crippen LogP contribution in [0.1, 0.15) is 11.1 Å². The fourth-order valence-electron chi connectivity index (χ4n) is 2.51. The van der Waals surface area contributed by atoms with Gasteiger partial charge in [0.15, 0.2) is 5.82 Å². The maximum absolute atomic E-state index is 14.4. The predicted molar refractivity (Wildman–Crippen MR) is 82.5 cm³/mol. The van der Waals surface area contributed by atoms with Gasteiger partial charge in [-0.05, 0) is 42.3 Å². The highest BCUT2D eigenvalue weighted by atomic mass is 19.4. The molecular formula is C18H9F7N2. The third-order valence-electron chi connectivity index (χ3n) is 3.70. The fourth-order valence-corrected chi connectivity index (χ4v) is 2.51. The van der Waals surface area contributed by atoms with Gasteiger partial charge in [-0.25, -0.2) is 27.5 Å². The van der Waals surface area contributed by atoms with Crippen LogP contribution >= 0.6 is 0 Å². The lowest BCUT2D eigenvalue weighted by Gasteiger charge is -2.13. The first-order valence-corrected chi connectivity index (χ1v) is 7.42. The topological polar surface area (TPSA) is 25.8 Å². The van der Waals surface area contributed by atoms with Crippen LogP contribution in [0, 0.1) is 30.2 Å². The highest BCUT2D eigenvalue weighted by Gasteiger charge is 2.38. The predicted octanol–water partition coefficient (Wildman–Crippen LogP) is 5.69. The van der Waals surface area contributed by atoms with Gasteiger partial charge in [0.1, 0.15) is 28.8 Å². The summed E-state index contributed by atoms with van der Waals surface area (Å²) in [6.07, 6.45) is -2.43. The van der Waals surface area contributed by atoms with E-state index in [2.05, 4.69) is 9.97 Å². The van der Waals surface area contributed by atoms with Crippen molar-refractivity contribution in [2.75, 3.05) is 0 Å². The number of benzene rings is 2. The lowest BCUT2D eigenvalue weighted by atomic mass is 9.99. The normalized spacial score (nSPS) is 11.7. The van der Waals surface area contributed by atoms with E-state index >= 15 is 0 Å². The molecule has 0 N–H and O–H groups in total. The van der Waals surface area contributed by atoms with Crippen LogP contribution in [0.25, 0.3) is 22.5 Å². The monoisotopic (exact) mass is 386 g/mol. The molecule has 0 aliphatic rings. The highest BCUT2D eigenvalue weighted by molar-refractivity contribution is 5.70. The zero-order valence-electron chi connectivity index (χ0n) is 13.5. The number of halogens is 7. The summed E-state index contributed by atoms with van der Waals surface area (Å²) >= 11 is 0. The van der Waals surface area contributed by atoms with Crippen molar-refractivity contribution in [3.05, 3.63) is 71.1 Å². The average Bonchev–Trinajstić information content (AvgIpc) is 2.52. The Hall–Kier alpha value is -2.97. The van der Waals surface area contributed by atoms with Crippen molar-refractivity contribution in [1.82, 2.24) is 9.97 Å². The van der Waals surface area contributed by atoms with Crippen LogP contribution in [0.4, 0.5) is 30.7 Å². The number of rotatable bonds is 2. The first kappa shape index (κ1) is 18.8. The van der Waals surface area contributed by atoms with E-state index in [9.17, 15) is 30.7 Å². The van der Waals surface area contributed by atoms with Crippen molar-refractivity contribution in [2.45, 2.75) is 13.1 Å². The molecule has 0 amide bonds. The summed E-state index contributed by atoms with van der Waals surface area (Å²) in [4.78, 5) is 7.82. The second-order valence-electron chi connectivity index (χ2n) is 5.71. The summed E-state index contributed by atoms with van der Waals surface area (Å²) in [5, 5.41) is 0. The molecule has 140 valence electrons. The quantitative estimate of drug-likeness (QED) is 0.529. The Labute approximate surface area is 148 Å². The Morgan fingerprint density at radius 2 is 1.15 bits per heavy atom. The Morgan fingerprint density at radius 1 is 0.704 bits per heavy atom. The molecule has 0 aliphatic carbocycles. The van der Waals surface area contributed by atoms with Gasteiger partial charge in [-0.2, -0.15) is 13.2 Å². The molecule has 3 rings (SSSR count). The number of nitrogens with zero attached hydrogens (tertiary/aromatic N) is 2. The lowest BCUT2D eigenvalue weighted by molar-refractivity contribution is -0.142. The smallest absolute Gasteiger partial charge is 0.236 e. The molecule has 27 heavy (non-hydrogen) atoms. The van der Waals surface area contributed by atoms with E-state index < -0.39 is 46.1 Å². The van der Waals surface area contributed by atoms with Crippen LogP contribution in [0.15, 0.2) is 36.7 Å². The van der Waals surface area contributed by atoms with Gasteiger partial charge in [0.2, 0.25) is 0 Å². The first-order chi connectivity index (χ1) is 12.6. The van der Waals surface area contributed by atoms with Gasteiger partial charge >= 0.3 is 6.18 Å². The molecule has 2 nitrogen and oxygen atoms in total. The summed E-state index contributed by atoms with van der Waals surface area (Å²) in [5.74, 6) is -6.39. The van der Waals surface area contributed by atoms with Crippen molar-refractivity contribution in [2.24, 2.45) is 0 Å². The minimum absolute atomic E-state index is 0.00901. The van der Waals surface area contributed by atoms with Gasteiger partial charge in [-0.1, -0.05) is 0 Å². The van der Waals surface area contributed by atoms with Gasteiger partial charge in [0.25, 0.3) is 0 Å². The van der Waals surface area contributed by atoms with Gasteiger partial charge in [0, 0.05) is 18.0 Å². The van der Waals surface area contributed by atoms with E-state index in [4.69, 9.17) is 0 Å². The molecule has 3 aromatic rings. The van der Waals surface area contributed by atoms with Gasteiger partial charge in [-0.3, -0.25) is 0 Å². The molecule has 0 saturated heterocycles. The second kappa shape index (κ2) is 6.64. The van der Waals surface area contributed by atoms with Crippen molar-refractivity contribution in [3.8, 4) is 22.5 Å². The maximum Gasteiger partial charge on any atom is 0.422 e. The zero-order chi connectivity index (χ0) is 19.9. The Bertz CT molecular complexity index is 965. The number of aryl methyl sites for hydroxylation is 1. The van der Waals surface area contributed by atoms with Crippen molar-refractivity contribution < 1.29 is 30.7 Å². The fraction of sp³-hybridized carbons (Fsp3) is 0.111. The molecule has 1 heterocycles. The molecule has 0 spiro atoms. The molecule has 9 heteroatoms. The number of aromatic nitrogens is 2. The summed E-state index contributed by atoms with van der Waals surface area (Å²) in [5.41, 5.74) is -3.02. The molecule has 0 saturated carbocycles. The van der Waals surface area contributed by atoms with E-state index in [0.717, 1.165) is 12.1 Å². The van der Waals surface area contributed by atoms with E-state index in [0.29, 0.717) is 5.56 Å². The third-order valence-corrected chi connectivity index (χ3v) is 3.70. The minimum atomic E-state index is -5.28. The molecule has 0 radical (unpaired) electrons. The average molecular weight is 386 g/mol. The van der Waals surface area contributed by atoms with Crippen LogP contribution in [-0.4, -0.2) is 9.97 Å². The van der Waals surface area contributed by atoms with E-state index in [1.54, 1.807) is 6.92 Å². The van der Waals surface area contributed by atoms with E-state index in [1.165, 1.54) is 12.4 Å². The van der Waals surface area contributed by atoms with Crippen molar-refractivity contribution >= 4 is 0 Å². The SMILES string of the molecule is Cc1cnc(-c2cc(F)c(-c3cc(F)c(C(F)(F)F)c(F)c3)c(F)c2)nc1. The Balaban J connectivity index is 2.12. The second-order valence-corrected chi connectivity index (χ2v) is 5.71. The number of hydrogen-bond acceptors (Lipinski definition) is 2. The molecule has 1 aromatic heterocycles. The summed E-state index contributed by atoms with van der Waals surface area (Å²) in [6.45, 7) is 1.71. The number of alkyl halides is 3. The summed E-state index contributed by atoms with van der Waals surface area (Å²) in [7, 11) is 0. The molecule has 2 aromatic carbocycles. The highest BCUT2D eigenvalue weighted by Crippen LogP contribution is 2.37. The summed E-state index contributed by atoms with van der Waals surface area (Å²) in [6, 6.07) is 2.12. The molecule has 0 atom stereocenters. The third kappa shape index (κ3) is 3.62. The zero-order valence-corrected chi connectivity index (χ0v) is 13.5. The van der Waals surface area contributed by atoms with Crippen LogP contribution in [-0.2, 0) is 6.18 Å². The standard InChI is InChI=1S/C18H9F7N2/c1-8-6-26-17(27-7-8)10-4-11(19)15(12(20)5-10)9-2-13(21)16(14(22)3-9)18(23,24)25/h2-7H,1H3. The molecule has 0 bridgehead atoms. The van der Waals surface area contributed by atoms with E-state index in [-0.39, 0.29) is 23.5 Å². The largest absolute Gasteiger partial charge is 0.422 e. The maximum atomic E-state index is 14.4. The van der Waals surface area contributed by atoms with Crippen LogP contribution in [0.3, 0.4) is 0 Å². The number of hydrogen-bond donors (Lipinski definition) is 0. The minimum Gasteiger partial charge on any atom is -0.236 e. The van der Waals surface area contributed by atoms with E-state index in [1.807, 2.05) is 0 Å².